The molecule has 21 heavy (non-hydrogen) atoms. The van der Waals surface area contributed by atoms with Crippen molar-refractivity contribution in [2.24, 2.45) is 5.92 Å². The Morgan fingerprint density at radius 2 is 2.00 bits per heavy atom. The fourth-order valence-electron chi connectivity index (χ4n) is 3.09. The Morgan fingerprint density at radius 3 is 2.76 bits per heavy atom. The molecule has 1 aromatic carbocycles. The van der Waals surface area contributed by atoms with Crippen LogP contribution in [0.3, 0.4) is 0 Å². The molecule has 116 valence electrons. The van der Waals surface area contributed by atoms with E-state index in [2.05, 4.69) is 15.6 Å². The zero-order valence-electron chi connectivity index (χ0n) is 11.3. The van der Waals surface area contributed by atoms with Crippen LogP contribution in [0, 0.1) is 5.92 Å². The molecule has 0 aromatic heterocycles. The number of hydrazine groups is 1. The standard InChI is InChI=1S/C13H17Cl2N3O2S/c14-10-5-4-9(6-11(10)15)21(19,20)18-12-3-1-2-8-7-16-17-13(8)12/h4-6,8,12-13,16-18H,1-3,7H2. The van der Waals surface area contributed by atoms with Crippen LogP contribution in [0.15, 0.2) is 23.1 Å². The fraction of sp³-hybridized carbons (Fsp3) is 0.538. The Kier molecular flexibility index (Phi) is 4.45. The van der Waals surface area contributed by atoms with Crippen LogP contribution in [0.25, 0.3) is 0 Å². The van der Waals surface area contributed by atoms with Crippen LogP contribution >= 0.6 is 23.2 Å². The molecule has 5 nitrogen and oxygen atoms in total. The summed E-state index contributed by atoms with van der Waals surface area (Å²) in [5.74, 6) is 0.472. The predicted molar refractivity (Wildman–Crippen MR) is 82.8 cm³/mol. The summed E-state index contributed by atoms with van der Waals surface area (Å²) in [4.78, 5) is 0.143. The molecule has 3 unspecified atom stereocenters. The molecule has 3 atom stereocenters. The molecule has 1 saturated carbocycles. The van der Waals surface area contributed by atoms with E-state index in [1.54, 1.807) is 0 Å². The third kappa shape index (κ3) is 3.21. The molecule has 0 radical (unpaired) electrons. The fourth-order valence-corrected chi connectivity index (χ4v) is 4.77. The van der Waals surface area contributed by atoms with Crippen molar-refractivity contribution in [1.29, 1.82) is 0 Å². The minimum Gasteiger partial charge on any atom is -0.257 e. The lowest BCUT2D eigenvalue weighted by molar-refractivity contribution is 0.279. The maximum absolute atomic E-state index is 12.5. The van der Waals surface area contributed by atoms with Crippen molar-refractivity contribution in [1.82, 2.24) is 15.6 Å². The van der Waals surface area contributed by atoms with E-state index in [1.165, 1.54) is 18.2 Å². The Balaban J connectivity index is 1.80. The normalized spacial score (nSPS) is 29.3. The summed E-state index contributed by atoms with van der Waals surface area (Å²) in [5.41, 5.74) is 6.29. The van der Waals surface area contributed by atoms with Gasteiger partial charge >= 0.3 is 0 Å². The summed E-state index contributed by atoms with van der Waals surface area (Å²) >= 11 is 11.7. The van der Waals surface area contributed by atoms with Crippen LogP contribution in [0.2, 0.25) is 10.0 Å². The third-order valence-corrected chi connectivity index (χ3v) is 6.40. The molecule has 3 N–H and O–H groups in total. The molecule has 1 saturated heterocycles. The van der Waals surface area contributed by atoms with Crippen LogP contribution in [0.1, 0.15) is 19.3 Å². The van der Waals surface area contributed by atoms with Gasteiger partial charge in [0.1, 0.15) is 0 Å². The molecule has 0 bridgehead atoms. The Bertz CT molecular complexity index is 638. The molecule has 2 aliphatic rings. The smallest absolute Gasteiger partial charge is 0.240 e. The van der Waals surface area contributed by atoms with Crippen molar-refractivity contribution in [3.63, 3.8) is 0 Å². The van der Waals surface area contributed by atoms with E-state index < -0.39 is 10.0 Å². The van der Waals surface area contributed by atoms with Crippen molar-refractivity contribution in [2.75, 3.05) is 6.54 Å². The molecular formula is C13H17Cl2N3O2S. The van der Waals surface area contributed by atoms with Gasteiger partial charge in [0, 0.05) is 18.6 Å². The minimum atomic E-state index is -3.60. The lowest BCUT2D eigenvalue weighted by Crippen LogP contribution is -2.52. The average molecular weight is 350 g/mol. The molecule has 1 aromatic rings. The van der Waals surface area contributed by atoms with Crippen molar-refractivity contribution < 1.29 is 8.42 Å². The molecular weight excluding hydrogens is 333 g/mol. The van der Waals surface area contributed by atoms with E-state index >= 15 is 0 Å². The number of benzene rings is 1. The molecule has 8 heteroatoms. The summed E-state index contributed by atoms with van der Waals surface area (Å²) in [5, 5.41) is 0.580. The minimum absolute atomic E-state index is 0.113. The van der Waals surface area contributed by atoms with Crippen molar-refractivity contribution in [3.05, 3.63) is 28.2 Å². The van der Waals surface area contributed by atoms with Crippen LogP contribution < -0.4 is 15.6 Å². The third-order valence-electron chi connectivity index (χ3n) is 4.17. The Morgan fingerprint density at radius 1 is 1.19 bits per heavy atom. The second-order valence-corrected chi connectivity index (χ2v) is 8.07. The first-order chi connectivity index (χ1) is 9.97. The summed E-state index contributed by atoms with van der Waals surface area (Å²) in [6.07, 6.45) is 2.98. The van der Waals surface area contributed by atoms with E-state index in [9.17, 15) is 8.42 Å². The second-order valence-electron chi connectivity index (χ2n) is 5.55. The van der Waals surface area contributed by atoms with Gasteiger partial charge in [0.15, 0.2) is 0 Å². The SMILES string of the molecule is O=S(=O)(NC1CCCC2CNNC21)c1ccc(Cl)c(Cl)c1. The van der Waals surface area contributed by atoms with Gasteiger partial charge in [0.05, 0.1) is 14.9 Å². The highest BCUT2D eigenvalue weighted by molar-refractivity contribution is 7.89. The zero-order chi connectivity index (χ0) is 15.0. The number of fused-ring (bicyclic) bond motifs is 1. The maximum atomic E-state index is 12.5. The van der Waals surface area contributed by atoms with Crippen LogP contribution in [-0.4, -0.2) is 27.0 Å². The highest BCUT2D eigenvalue weighted by Crippen LogP contribution is 2.29. The van der Waals surface area contributed by atoms with Gasteiger partial charge in [0.2, 0.25) is 10.0 Å². The van der Waals surface area contributed by atoms with Crippen molar-refractivity contribution in [2.45, 2.75) is 36.2 Å². The first-order valence-electron chi connectivity index (χ1n) is 6.93. The van der Waals surface area contributed by atoms with Crippen molar-refractivity contribution >= 4 is 33.2 Å². The van der Waals surface area contributed by atoms with Gasteiger partial charge in [-0.05, 0) is 37.0 Å². The predicted octanol–water partition coefficient (Wildman–Crippen LogP) is 1.92. The van der Waals surface area contributed by atoms with E-state index in [0.717, 1.165) is 25.8 Å². The number of halogens is 2. The summed E-state index contributed by atoms with van der Waals surface area (Å²) in [6.45, 7) is 0.885. The van der Waals surface area contributed by atoms with Gasteiger partial charge in [0.25, 0.3) is 0 Å². The quantitative estimate of drug-likeness (QED) is 0.779. The number of rotatable bonds is 3. The molecule has 1 aliphatic heterocycles. The molecule has 0 amide bonds. The topological polar surface area (TPSA) is 70.2 Å². The molecule has 1 aliphatic carbocycles. The Hall–Kier alpha value is -0.370. The van der Waals surface area contributed by atoms with E-state index in [4.69, 9.17) is 23.2 Å². The summed E-state index contributed by atoms with van der Waals surface area (Å²) < 4.78 is 27.8. The Labute approximate surface area is 134 Å². The van der Waals surface area contributed by atoms with Gasteiger partial charge < -0.3 is 0 Å². The highest BCUT2D eigenvalue weighted by Gasteiger charge is 2.38. The average Bonchev–Trinajstić information content (AvgIpc) is 2.91. The first kappa shape index (κ1) is 15.5. The first-order valence-corrected chi connectivity index (χ1v) is 9.17. The number of hydrogen-bond donors (Lipinski definition) is 3. The molecule has 0 spiro atoms. The van der Waals surface area contributed by atoms with Gasteiger partial charge in [-0.3, -0.25) is 10.9 Å². The van der Waals surface area contributed by atoms with Crippen LogP contribution in [-0.2, 0) is 10.0 Å². The highest BCUT2D eigenvalue weighted by atomic mass is 35.5. The van der Waals surface area contributed by atoms with Gasteiger partial charge in [-0.25, -0.2) is 13.1 Å². The van der Waals surface area contributed by atoms with E-state index in [1.807, 2.05) is 0 Å². The summed E-state index contributed by atoms with van der Waals surface area (Å²) in [6, 6.07) is 4.37. The van der Waals surface area contributed by atoms with Gasteiger partial charge in [-0.15, -0.1) is 0 Å². The van der Waals surface area contributed by atoms with Gasteiger partial charge in [-0.1, -0.05) is 29.6 Å². The van der Waals surface area contributed by atoms with E-state index in [-0.39, 0.29) is 22.0 Å². The van der Waals surface area contributed by atoms with Gasteiger partial charge in [-0.2, -0.15) is 0 Å². The monoisotopic (exact) mass is 349 g/mol. The maximum Gasteiger partial charge on any atom is 0.240 e. The number of nitrogens with one attached hydrogen (secondary N) is 3. The number of hydrogen-bond acceptors (Lipinski definition) is 4. The number of sulfonamides is 1. The van der Waals surface area contributed by atoms with Crippen LogP contribution in [0.4, 0.5) is 0 Å². The molecule has 2 fully saturated rings. The van der Waals surface area contributed by atoms with Crippen LogP contribution in [0.5, 0.6) is 0 Å². The second kappa shape index (κ2) is 6.02. The molecule has 1 heterocycles. The molecule has 3 rings (SSSR count). The van der Waals surface area contributed by atoms with E-state index in [0.29, 0.717) is 10.9 Å². The van der Waals surface area contributed by atoms with Crippen molar-refractivity contribution in [3.8, 4) is 0 Å². The lowest BCUT2D eigenvalue weighted by Gasteiger charge is -2.33. The largest absolute Gasteiger partial charge is 0.257 e. The zero-order valence-corrected chi connectivity index (χ0v) is 13.6. The lowest BCUT2D eigenvalue weighted by atomic mass is 9.83. The summed E-state index contributed by atoms with van der Waals surface area (Å²) in [7, 11) is -3.60.